The molecule has 0 radical (unpaired) electrons. The van der Waals surface area contributed by atoms with Gasteiger partial charge in [0.1, 0.15) is 11.5 Å². The quantitative estimate of drug-likeness (QED) is 0.137. The van der Waals surface area contributed by atoms with E-state index in [0.717, 1.165) is 88.7 Å². The number of likely N-dealkylation sites (tertiary alicyclic amines) is 1. The minimum Gasteiger partial charge on any atom is -0.493 e. The van der Waals surface area contributed by atoms with Crippen molar-refractivity contribution in [1.82, 2.24) is 14.9 Å². The fourth-order valence-electron chi connectivity index (χ4n) is 5.44. The molecule has 0 amide bonds. The molecule has 224 valence electrons. The van der Waals surface area contributed by atoms with Crippen molar-refractivity contribution in [2.75, 3.05) is 51.9 Å². The second-order valence-corrected chi connectivity index (χ2v) is 12.5. The molecular weight excluding hydrogens is 593 g/mol. The molecule has 0 atom stereocenters. The molecule has 6 rings (SSSR count). The predicted octanol–water partition coefficient (Wildman–Crippen LogP) is 8.28. The number of fused-ring (bicyclic) bond motifs is 2. The van der Waals surface area contributed by atoms with Crippen LogP contribution in [0.5, 0.6) is 11.5 Å². The van der Waals surface area contributed by atoms with E-state index in [4.69, 9.17) is 49.0 Å². The Balaban J connectivity index is 0.000000181. The van der Waals surface area contributed by atoms with E-state index in [2.05, 4.69) is 27.9 Å². The average molecular weight is 631 g/mol. The van der Waals surface area contributed by atoms with Crippen LogP contribution in [-0.2, 0) is 4.74 Å². The van der Waals surface area contributed by atoms with Gasteiger partial charge < -0.3 is 19.1 Å². The first-order chi connectivity index (χ1) is 20.4. The van der Waals surface area contributed by atoms with E-state index in [-0.39, 0.29) is 0 Å². The lowest BCUT2D eigenvalue weighted by Gasteiger charge is -2.47. The molecule has 2 aliphatic heterocycles. The van der Waals surface area contributed by atoms with Crippen molar-refractivity contribution in [2.45, 2.75) is 39.5 Å². The number of halogens is 3. The van der Waals surface area contributed by atoms with Gasteiger partial charge in [-0.05, 0) is 88.0 Å². The minimum atomic E-state index is 0.517. The Bertz CT molecular complexity index is 1500. The smallest absolute Gasteiger partial charge is 0.124 e. The van der Waals surface area contributed by atoms with Gasteiger partial charge in [0.25, 0.3) is 0 Å². The molecule has 2 aliphatic rings. The Kier molecular flexibility index (Phi) is 10.7. The summed E-state index contributed by atoms with van der Waals surface area (Å²) in [5, 5.41) is 3.39. The van der Waals surface area contributed by atoms with Crippen LogP contribution < -0.4 is 9.47 Å². The highest BCUT2D eigenvalue weighted by atomic mass is 35.5. The van der Waals surface area contributed by atoms with Gasteiger partial charge in [0.05, 0.1) is 47.5 Å². The van der Waals surface area contributed by atoms with Gasteiger partial charge in [0.2, 0.25) is 0 Å². The van der Waals surface area contributed by atoms with Crippen molar-refractivity contribution in [3.63, 3.8) is 0 Å². The van der Waals surface area contributed by atoms with Gasteiger partial charge in [-0.25, -0.2) is 0 Å². The molecule has 0 aliphatic carbocycles. The standard InChI is InChI=1S/C20H25ClN2O2.C13H13Cl2NO/c1-15-11-16-17(21)3-6-22-18(16)12-19(15)25-10-2-7-23-8-4-20(5-9-23)13-24-14-20;1-9-7-10-11(15)3-5-16-12(10)8-13(9)17-6-2-4-14/h3,6,11-12H,2,4-5,7-10,13-14H2,1H3;3,5,7-8H,2,4,6H2,1H3. The number of alkyl halides is 1. The largest absolute Gasteiger partial charge is 0.493 e. The summed E-state index contributed by atoms with van der Waals surface area (Å²) in [5.74, 6) is 2.36. The molecule has 2 saturated heterocycles. The van der Waals surface area contributed by atoms with Crippen LogP contribution in [0.1, 0.15) is 36.8 Å². The number of pyridine rings is 2. The van der Waals surface area contributed by atoms with E-state index >= 15 is 0 Å². The highest BCUT2D eigenvalue weighted by molar-refractivity contribution is 6.35. The van der Waals surface area contributed by atoms with E-state index in [9.17, 15) is 0 Å². The number of benzene rings is 2. The molecule has 2 aromatic heterocycles. The molecule has 0 unspecified atom stereocenters. The molecule has 1 spiro atoms. The zero-order valence-corrected chi connectivity index (χ0v) is 26.6. The van der Waals surface area contributed by atoms with E-state index in [1.807, 2.05) is 31.2 Å². The third kappa shape index (κ3) is 7.59. The summed E-state index contributed by atoms with van der Waals surface area (Å²) >= 11 is 18.0. The Morgan fingerprint density at radius 2 is 1.33 bits per heavy atom. The number of ether oxygens (including phenoxy) is 3. The molecule has 0 N–H and O–H groups in total. The van der Waals surface area contributed by atoms with Crippen LogP contribution >= 0.6 is 34.8 Å². The Labute approximate surface area is 263 Å². The number of rotatable bonds is 9. The average Bonchev–Trinajstić information content (AvgIpc) is 2.97. The van der Waals surface area contributed by atoms with Crippen molar-refractivity contribution in [1.29, 1.82) is 0 Å². The topological polar surface area (TPSA) is 56.7 Å². The van der Waals surface area contributed by atoms with Crippen molar-refractivity contribution in [3.05, 3.63) is 70.0 Å². The second kappa shape index (κ2) is 14.4. The zero-order valence-electron chi connectivity index (χ0n) is 24.3. The molecular formula is C33H38Cl3N3O3. The van der Waals surface area contributed by atoms with E-state index in [1.54, 1.807) is 18.5 Å². The lowest BCUT2D eigenvalue weighted by molar-refractivity contribution is -0.139. The number of aromatic nitrogens is 2. The van der Waals surface area contributed by atoms with Crippen LogP contribution in [0.15, 0.2) is 48.8 Å². The van der Waals surface area contributed by atoms with Gasteiger partial charge in [-0.15, -0.1) is 11.6 Å². The molecule has 42 heavy (non-hydrogen) atoms. The third-order valence-electron chi connectivity index (χ3n) is 8.12. The summed E-state index contributed by atoms with van der Waals surface area (Å²) in [4.78, 5) is 11.2. The first-order valence-electron chi connectivity index (χ1n) is 14.6. The molecule has 2 fully saturated rings. The molecule has 4 aromatic rings. The maximum atomic E-state index is 6.23. The number of aryl methyl sites for hydroxylation is 2. The number of hydrogen-bond donors (Lipinski definition) is 0. The van der Waals surface area contributed by atoms with Crippen LogP contribution in [0.2, 0.25) is 10.0 Å². The normalized spacial score (nSPS) is 16.2. The van der Waals surface area contributed by atoms with Gasteiger partial charge in [-0.3, -0.25) is 9.97 Å². The SMILES string of the molecule is Cc1cc2c(Cl)ccnc2cc1OCCCCl.Cc1cc2c(Cl)ccnc2cc1OCCCN1CCC2(CC1)COC2. The van der Waals surface area contributed by atoms with E-state index < -0.39 is 0 Å². The van der Waals surface area contributed by atoms with Crippen molar-refractivity contribution >= 4 is 56.6 Å². The number of hydrogen-bond acceptors (Lipinski definition) is 6. The van der Waals surface area contributed by atoms with Crippen LogP contribution in [0.25, 0.3) is 21.8 Å². The molecule has 2 aromatic carbocycles. The first kappa shape index (κ1) is 31.1. The summed E-state index contributed by atoms with van der Waals surface area (Å²) in [7, 11) is 0. The highest BCUT2D eigenvalue weighted by Crippen LogP contribution is 2.38. The van der Waals surface area contributed by atoms with Crippen molar-refractivity contribution in [2.24, 2.45) is 5.41 Å². The third-order valence-corrected chi connectivity index (χ3v) is 9.04. The van der Waals surface area contributed by atoms with Gasteiger partial charge in [-0.2, -0.15) is 0 Å². The summed E-state index contributed by atoms with van der Waals surface area (Å²) in [6, 6.07) is 11.6. The Morgan fingerprint density at radius 3 is 1.81 bits per heavy atom. The molecule has 9 heteroatoms. The molecule has 4 heterocycles. The first-order valence-corrected chi connectivity index (χ1v) is 15.9. The summed E-state index contributed by atoms with van der Waals surface area (Å²) in [6.07, 6.45) is 7.88. The second-order valence-electron chi connectivity index (χ2n) is 11.3. The minimum absolute atomic E-state index is 0.517. The lowest BCUT2D eigenvalue weighted by atomic mass is 9.77. The van der Waals surface area contributed by atoms with Crippen LogP contribution in [0.3, 0.4) is 0 Å². The summed E-state index contributed by atoms with van der Waals surface area (Å²) < 4.78 is 17.1. The summed E-state index contributed by atoms with van der Waals surface area (Å²) in [6.45, 7) is 10.9. The van der Waals surface area contributed by atoms with Crippen LogP contribution in [0, 0.1) is 19.3 Å². The summed E-state index contributed by atoms with van der Waals surface area (Å²) in [5.41, 5.74) is 4.42. The Hall–Kier alpha value is -2.35. The van der Waals surface area contributed by atoms with E-state index in [1.165, 1.54) is 25.9 Å². The van der Waals surface area contributed by atoms with Gasteiger partial charge in [0.15, 0.2) is 0 Å². The lowest BCUT2D eigenvalue weighted by Crippen LogP contribution is -2.51. The zero-order chi connectivity index (χ0) is 29.5. The fraction of sp³-hybridized carbons (Fsp3) is 0.455. The van der Waals surface area contributed by atoms with Crippen molar-refractivity contribution in [3.8, 4) is 11.5 Å². The van der Waals surface area contributed by atoms with E-state index in [0.29, 0.717) is 22.9 Å². The fourth-order valence-corrected chi connectivity index (χ4v) is 5.97. The monoisotopic (exact) mass is 629 g/mol. The van der Waals surface area contributed by atoms with Gasteiger partial charge in [-0.1, -0.05) is 23.2 Å². The highest BCUT2D eigenvalue weighted by Gasteiger charge is 2.40. The number of nitrogens with zero attached hydrogens (tertiary/aromatic N) is 3. The maximum Gasteiger partial charge on any atom is 0.124 e. The van der Waals surface area contributed by atoms with Gasteiger partial charge >= 0.3 is 0 Å². The maximum absolute atomic E-state index is 6.23. The van der Waals surface area contributed by atoms with Crippen LogP contribution in [-0.4, -0.2) is 66.8 Å². The Morgan fingerprint density at radius 1 is 0.810 bits per heavy atom. The molecule has 0 bridgehead atoms. The van der Waals surface area contributed by atoms with Crippen molar-refractivity contribution < 1.29 is 14.2 Å². The van der Waals surface area contributed by atoms with Crippen LogP contribution in [0.4, 0.5) is 0 Å². The number of piperidine rings is 1. The predicted molar refractivity (Wildman–Crippen MR) is 173 cm³/mol. The van der Waals surface area contributed by atoms with Gasteiger partial charge in [0, 0.05) is 53.1 Å². The molecule has 0 saturated carbocycles. The molecule has 6 nitrogen and oxygen atoms in total.